The van der Waals surface area contributed by atoms with E-state index >= 15 is 0 Å². The predicted octanol–water partition coefficient (Wildman–Crippen LogP) is 4.29. The lowest BCUT2D eigenvalue weighted by atomic mass is 9.86. The molecule has 3 atom stereocenters. The molecule has 0 unspecified atom stereocenters. The molecular weight excluding hydrogens is 544 g/mol. The fourth-order valence-electron chi connectivity index (χ4n) is 6.55. The van der Waals surface area contributed by atoms with Gasteiger partial charge in [-0.05, 0) is 112 Å². The summed E-state index contributed by atoms with van der Waals surface area (Å²) in [5.41, 5.74) is 2.19. The normalized spacial score (nSPS) is 20.0. The summed E-state index contributed by atoms with van der Waals surface area (Å²) in [6, 6.07) is 6.72. The summed E-state index contributed by atoms with van der Waals surface area (Å²) in [5, 5.41) is 16.5. The van der Waals surface area contributed by atoms with Crippen molar-refractivity contribution >= 4 is 29.3 Å². The van der Waals surface area contributed by atoms with Gasteiger partial charge in [-0.1, -0.05) is 19.9 Å². The van der Waals surface area contributed by atoms with Crippen LogP contribution in [0.4, 0.5) is 5.69 Å². The van der Waals surface area contributed by atoms with E-state index in [-0.39, 0.29) is 47.5 Å². The molecule has 2 fully saturated rings. The van der Waals surface area contributed by atoms with E-state index in [0.717, 1.165) is 49.7 Å². The lowest BCUT2D eigenvalue weighted by Crippen LogP contribution is -2.59. The van der Waals surface area contributed by atoms with E-state index in [2.05, 4.69) is 26.4 Å². The van der Waals surface area contributed by atoms with Crippen molar-refractivity contribution in [3.05, 3.63) is 47.3 Å². The first-order chi connectivity index (χ1) is 20.4. The number of aromatic nitrogens is 2. The molecule has 1 aromatic heterocycles. The first-order valence-corrected chi connectivity index (χ1v) is 15.8. The Balaban J connectivity index is 1.31. The molecule has 0 bridgehead atoms. The molecule has 1 aromatic carbocycles. The molecule has 3 aliphatic carbocycles. The van der Waals surface area contributed by atoms with Crippen LogP contribution in [0.25, 0.3) is 0 Å². The lowest BCUT2D eigenvalue weighted by molar-refractivity contribution is -0.134. The standard InChI is InChI=1S/C33H46N6O4/c1-18(2)33(6,38-20(5)40)32(43)36-26-14-11-23-17-24(12-13-25(23)26)35-31(42)29(28(21-7-8-21)22-9-10-22)37-30(41)27-15-16-34-39(27)19(3)4/h12-13,15-19,21-22,26,28-29H,7-11,14H2,1-6H3,(H,35,42)(H,36,43)(H,37,41)(H,38,40)/t26-,29+,33-/m1/s1. The zero-order chi connectivity index (χ0) is 31.1. The van der Waals surface area contributed by atoms with E-state index in [1.54, 1.807) is 23.9 Å². The minimum absolute atomic E-state index is 0.0234. The van der Waals surface area contributed by atoms with Gasteiger partial charge in [0.2, 0.25) is 17.7 Å². The van der Waals surface area contributed by atoms with Crippen LogP contribution >= 0.6 is 0 Å². The fourth-order valence-corrected chi connectivity index (χ4v) is 6.55. The number of carbonyl (C=O) groups is 4. The van der Waals surface area contributed by atoms with Gasteiger partial charge < -0.3 is 21.3 Å². The number of hydrogen-bond acceptors (Lipinski definition) is 5. The highest BCUT2D eigenvalue weighted by atomic mass is 16.2. The van der Waals surface area contributed by atoms with Crippen molar-refractivity contribution in [2.45, 2.75) is 104 Å². The highest BCUT2D eigenvalue weighted by Gasteiger charge is 2.48. The molecule has 43 heavy (non-hydrogen) atoms. The Morgan fingerprint density at radius 3 is 2.23 bits per heavy atom. The molecule has 4 N–H and O–H groups in total. The minimum Gasteiger partial charge on any atom is -0.347 e. The molecule has 3 aliphatic rings. The molecule has 10 heteroatoms. The van der Waals surface area contributed by atoms with Crippen molar-refractivity contribution in [2.24, 2.45) is 23.7 Å². The summed E-state index contributed by atoms with van der Waals surface area (Å²) in [5.74, 6) is 0.00248. The number of hydrogen-bond donors (Lipinski definition) is 4. The van der Waals surface area contributed by atoms with Gasteiger partial charge in [0.05, 0.1) is 6.04 Å². The van der Waals surface area contributed by atoms with E-state index in [1.165, 1.54) is 6.92 Å². The molecule has 0 aliphatic heterocycles. The Labute approximate surface area is 254 Å². The first kappa shape index (κ1) is 30.8. The number of nitrogens with zero attached hydrogens (tertiary/aromatic N) is 2. The van der Waals surface area contributed by atoms with Crippen molar-refractivity contribution in [2.75, 3.05) is 5.32 Å². The molecule has 4 amide bonds. The van der Waals surface area contributed by atoms with Crippen LogP contribution < -0.4 is 21.3 Å². The SMILES string of the molecule is CC(=O)N[C@@](C)(C(=O)N[C@@H]1CCc2cc(NC(=O)[C@@H](NC(=O)c3ccnn3C(C)C)C(C3CC3)C3CC3)ccc21)C(C)C. The van der Waals surface area contributed by atoms with E-state index in [4.69, 9.17) is 0 Å². The number of carbonyl (C=O) groups excluding carboxylic acids is 4. The van der Waals surface area contributed by atoms with Crippen LogP contribution in [0.15, 0.2) is 30.5 Å². The molecule has 232 valence electrons. The molecule has 0 spiro atoms. The quantitative estimate of drug-likeness (QED) is 0.293. The second-order valence-corrected chi connectivity index (χ2v) is 13.5. The van der Waals surface area contributed by atoms with E-state index < -0.39 is 11.6 Å². The lowest BCUT2D eigenvalue weighted by Gasteiger charge is -2.34. The summed E-state index contributed by atoms with van der Waals surface area (Å²) >= 11 is 0. The van der Waals surface area contributed by atoms with Crippen LogP contribution in [0.1, 0.15) is 107 Å². The topological polar surface area (TPSA) is 134 Å². The third-order valence-electron chi connectivity index (χ3n) is 9.53. The van der Waals surface area contributed by atoms with Crippen molar-refractivity contribution in [1.29, 1.82) is 0 Å². The summed E-state index contributed by atoms with van der Waals surface area (Å²) in [4.78, 5) is 52.4. The van der Waals surface area contributed by atoms with Gasteiger partial charge in [0.25, 0.3) is 5.91 Å². The first-order valence-electron chi connectivity index (χ1n) is 15.8. The van der Waals surface area contributed by atoms with Gasteiger partial charge in [-0.25, -0.2) is 0 Å². The van der Waals surface area contributed by atoms with Crippen LogP contribution in [0.5, 0.6) is 0 Å². The smallest absolute Gasteiger partial charge is 0.270 e. The number of anilines is 1. The molecule has 0 radical (unpaired) electrons. The number of aryl methyl sites for hydroxylation is 1. The monoisotopic (exact) mass is 590 g/mol. The van der Waals surface area contributed by atoms with Gasteiger partial charge in [0.15, 0.2) is 0 Å². The van der Waals surface area contributed by atoms with E-state index in [9.17, 15) is 19.2 Å². The average molecular weight is 591 g/mol. The fraction of sp³-hybridized carbons (Fsp3) is 0.606. The van der Waals surface area contributed by atoms with Gasteiger partial charge in [0.1, 0.15) is 17.3 Å². The molecular formula is C33H46N6O4. The summed E-state index contributed by atoms with van der Waals surface area (Å²) in [6.07, 6.45) is 7.48. The number of rotatable bonds is 12. The maximum atomic E-state index is 13.9. The van der Waals surface area contributed by atoms with Crippen molar-refractivity contribution in [3.8, 4) is 0 Å². The highest BCUT2D eigenvalue weighted by Crippen LogP contribution is 2.51. The van der Waals surface area contributed by atoms with Gasteiger partial charge in [-0.3, -0.25) is 23.9 Å². The third kappa shape index (κ3) is 6.63. The average Bonchev–Trinajstić information content (AvgIpc) is 3.87. The molecule has 2 aromatic rings. The number of nitrogens with one attached hydrogen (secondary N) is 4. The summed E-state index contributed by atoms with van der Waals surface area (Å²) < 4.78 is 1.68. The molecule has 0 saturated heterocycles. The van der Waals surface area contributed by atoms with Crippen LogP contribution in [-0.4, -0.2) is 45.0 Å². The van der Waals surface area contributed by atoms with Crippen LogP contribution in [0.3, 0.4) is 0 Å². The van der Waals surface area contributed by atoms with Crippen LogP contribution in [-0.2, 0) is 20.8 Å². The van der Waals surface area contributed by atoms with Crippen LogP contribution in [0.2, 0.25) is 0 Å². The van der Waals surface area contributed by atoms with Crippen molar-refractivity contribution < 1.29 is 19.2 Å². The highest BCUT2D eigenvalue weighted by molar-refractivity contribution is 6.01. The maximum absolute atomic E-state index is 13.9. The zero-order valence-electron chi connectivity index (χ0n) is 26.2. The Bertz CT molecular complexity index is 1380. The van der Waals surface area contributed by atoms with Gasteiger partial charge in [-0.2, -0.15) is 5.10 Å². The summed E-state index contributed by atoms with van der Waals surface area (Å²) in [6.45, 7) is 11.0. The summed E-state index contributed by atoms with van der Waals surface area (Å²) in [7, 11) is 0. The third-order valence-corrected chi connectivity index (χ3v) is 9.53. The van der Waals surface area contributed by atoms with Gasteiger partial charge in [0, 0.05) is 24.8 Å². The Hall–Kier alpha value is -3.69. The van der Waals surface area contributed by atoms with Gasteiger partial charge >= 0.3 is 0 Å². The van der Waals surface area contributed by atoms with E-state index in [1.807, 2.05) is 45.9 Å². The predicted molar refractivity (Wildman–Crippen MR) is 164 cm³/mol. The molecule has 5 rings (SSSR count). The minimum atomic E-state index is -1.02. The van der Waals surface area contributed by atoms with Crippen molar-refractivity contribution in [3.63, 3.8) is 0 Å². The molecule has 2 saturated carbocycles. The number of fused-ring (bicyclic) bond motifs is 1. The Morgan fingerprint density at radius 2 is 1.65 bits per heavy atom. The van der Waals surface area contributed by atoms with Gasteiger partial charge in [-0.15, -0.1) is 0 Å². The second kappa shape index (κ2) is 12.1. The second-order valence-electron chi connectivity index (χ2n) is 13.5. The largest absolute Gasteiger partial charge is 0.347 e. The maximum Gasteiger partial charge on any atom is 0.270 e. The number of benzene rings is 1. The zero-order valence-corrected chi connectivity index (χ0v) is 26.2. The van der Waals surface area contributed by atoms with E-state index in [0.29, 0.717) is 23.2 Å². The van der Waals surface area contributed by atoms with Crippen LogP contribution in [0, 0.1) is 23.7 Å². The molecule has 10 nitrogen and oxygen atoms in total. The number of amides is 4. The molecule has 1 heterocycles. The Morgan fingerprint density at radius 1 is 0.977 bits per heavy atom. The van der Waals surface area contributed by atoms with Crippen molar-refractivity contribution in [1.82, 2.24) is 25.7 Å². The Kier molecular flexibility index (Phi) is 8.68.